The van der Waals surface area contributed by atoms with Gasteiger partial charge in [0.1, 0.15) is 5.52 Å². The smallest absolute Gasteiger partial charge is 0.112 e. The van der Waals surface area contributed by atoms with E-state index < -0.39 is 0 Å². The summed E-state index contributed by atoms with van der Waals surface area (Å²) >= 11 is 3.39. The van der Waals surface area contributed by atoms with Crippen molar-refractivity contribution in [2.75, 3.05) is 11.9 Å². The fraction of sp³-hybridized carbons (Fsp3) is 0.333. The zero-order chi connectivity index (χ0) is 12.3. The minimum Gasteiger partial charge on any atom is -0.382 e. The molecule has 2 aromatic heterocycles. The van der Waals surface area contributed by atoms with E-state index in [1.54, 1.807) is 12.4 Å². The first-order chi connectivity index (χ1) is 8.20. The van der Waals surface area contributed by atoms with Crippen molar-refractivity contribution in [2.45, 2.75) is 19.4 Å². The summed E-state index contributed by atoms with van der Waals surface area (Å²) in [4.78, 5) is 8.66. The first-order valence-corrected chi connectivity index (χ1v) is 6.39. The first kappa shape index (κ1) is 12.3. The third-order valence-corrected chi connectivity index (χ3v) is 3.06. The van der Waals surface area contributed by atoms with Crippen LogP contribution >= 0.6 is 15.9 Å². The van der Waals surface area contributed by atoms with Crippen molar-refractivity contribution in [3.8, 4) is 0 Å². The molecule has 0 fully saturated rings. The fourth-order valence-electron chi connectivity index (χ4n) is 1.53. The predicted molar refractivity (Wildman–Crippen MR) is 74.0 cm³/mol. The monoisotopic (exact) mass is 294 g/mol. The Hall–Kier alpha value is -1.20. The maximum Gasteiger partial charge on any atom is 0.112 e. The number of nitrogens with one attached hydrogen (secondary N) is 1. The lowest BCUT2D eigenvalue weighted by molar-refractivity contribution is 0.679. The van der Waals surface area contributed by atoms with E-state index in [1.165, 1.54) is 0 Å². The lowest BCUT2D eigenvalue weighted by atomic mass is 10.2. The van der Waals surface area contributed by atoms with Gasteiger partial charge in [0.15, 0.2) is 0 Å². The molecule has 0 bridgehead atoms. The van der Waals surface area contributed by atoms with Gasteiger partial charge < -0.3 is 11.1 Å². The molecule has 2 aromatic rings. The van der Waals surface area contributed by atoms with E-state index in [4.69, 9.17) is 5.73 Å². The van der Waals surface area contributed by atoms with Crippen molar-refractivity contribution < 1.29 is 0 Å². The third kappa shape index (κ3) is 2.92. The molecular formula is C12H15BrN4. The van der Waals surface area contributed by atoms with Crippen LogP contribution in [-0.2, 0) is 0 Å². The zero-order valence-electron chi connectivity index (χ0n) is 9.65. The summed E-state index contributed by atoms with van der Waals surface area (Å²) in [6, 6.07) is 4.03. The fourth-order valence-corrected chi connectivity index (χ4v) is 1.85. The highest BCUT2D eigenvalue weighted by molar-refractivity contribution is 9.10. The normalized spacial score (nSPS) is 12.6. The van der Waals surface area contributed by atoms with Crippen molar-refractivity contribution >= 4 is 32.7 Å². The molecule has 17 heavy (non-hydrogen) atoms. The van der Waals surface area contributed by atoms with Crippen LogP contribution in [0.5, 0.6) is 0 Å². The average Bonchev–Trinajstić information content (AvgIpc) is 2.35. The number of pyridine rings is 2. The van der Waals surface area contributed by atoms with Crippen LogP contribution < -0.4 is 11.1 Å². The maximum atomic E-state index is 5.88. The van der Waals surface area contributed by atoms with Gasteiger partial charge in [-0.2, -0.15) is 0 Å². The maximum absolute atomic E-state index is 5.88. The van der Waals surface area contributed by atoms with Gasteiger partial charge in [0, 0.05) is 29.5 Å². The summed E-state index contributed by atoms with van der Waals surface area (Å²) in [5.41, 5.74) is 8.61. The van der Waals surface area contributed by atoms with Crippen LogP contribution in [0, 0.1) is 0 Å². The molecule has 0 aromatic carbocycles. The second-order valence-electron chi connectivity index (χ2n) is 3.93. The van der Waals surface area contributed by atoms with E-state index in [1.807, 2.05) is 12.1 Å². The number of aromatic nitrogens is 2. The first-order valence-electron chi connectivity index (χ1n) is 5.60. The molecule has 0 aliphatic heterocycles. The molecule has 3 N–H and O–H groups in total. The summed E-state index contributed by atoms with van der Waals surface area (Å²) in [5.74, 6) is 0. The molecule has 1 unspecified atom stereocenters. The number of hydrogen-bond acceptors (Lipinski definition) is 4. The highest BCUT2D eigenvalue weighted by atomic mass is 79.9. The van der Waals surface area contributed by atoms with E-state index in [0.717, 1.165) is 34.2 Å². The van der Waals surface area contributed by atoms with Crippen molar-refractivity contribution in [2.24, 2.45) is 5.73 Å². The van der Waals surface area contributed by atoms with Crippen LogP contribution in [0.3, 0.4) is 0 Å². The summed E-state index contributed by atoms with van der Waals surface area (Å²) in [6.07, 6.45) is 4.50. The molecule has 0 aliphatic carbocycles. The molecule has 1 atom stereocenters. The Morgan fingerprint density at radius 2 is 2.29 bits per heavy atom. The molecule has 0 saturated carbocycles. The van der Waals surface area contributed by atoms with Crippen LogP contribution in [0.25, 0.3) is 11.0 Å². The number of halogens is 1. The van der Waals surface area contributed by atoms with Crippen molar-refractivity contribution in [3.63, 3.8) is 0 Å². The van der Waals surface area contributed by atoms with Gasteiger partial charge in [-0.1, -0.05) is 6.92 Å². The lowest BCUT2D eigenvalue weighted by Gasteiger charge is -2.12. The summed E-state index contributed by atoms with van der Waals surface area (Å²) in [6.45, 7) is 2.82. The van der Waals surface area contributed by atoms with E-state index >= 15 is 0 Å². The SMILES string of the molecule is CCC(N)CNc1ccnc2cc(Br)cnc12. The standard InChI is InChI=1S/C12H15BrN4/c1-2-9(14)7-16-10-3-4-15-11-5-8(13)6-17-12(10)11/h3-6,9H,2,7,14H2,1H3,(H,15,16). The highest BCUT2D eigenvalue weighted by Crippen LogP contribution is 2.21. The number of nitrogens with zero attached hydrogens (tertiary/aromatic N) is 2. The van der Waals surface area contributed by atoms with Gasteiger partial charge in [-0.05, 0) is 34.5 Å². The van der Waals surface area contributed by atoms with Gasteiger partial charge in [-0.25, -0.2) is 0 Å². The van der Waals surface area contributed by atoms with Crippen LogP contribution in [0.4, 0.5) is 5.69 Å². The van der Waals surface area contributed by atoms with Crippen LogP contribution in [0.2, 0.25) is 0 Å². The molecule has 2 heterocycles. The summed E-state index contributed by atoms with van der Waals surface area (Å²) in [7, 11) is 0. The van der Waals surface area contributed by atoms with E-state index in [2.05, 4.69) is 38.1 Å². The molecule has 5 heteroatoms. The van der Waals surface area contributed by atoms with E-state index in [-0.39, 0.29) is 6.04 Å². The highest BCUT2D eigenvalue weighted by Gasteiger charge is 2.05. The molecular weight excluding hydrogens is 280 g/mol. The Balaban J connectivity index is 2.28. The molecule has 2 rings (SSSR count). The second-order valence-corrected chi connectivity index (χ2v) is 4.84. The second kappa shape index (κ2) is 5.42. The third-order valence-electron chi connectivity index (χ3n) is 2.62. The largest absolute Gasteiger partial charge is 0.382 e. The van der Waals surface area contributed by atoms with Gasteiger partial charge in [0.2, 0.25) is 0 Å². The number of hydrogen-bond donors (Lipinski definition) is 2. The van der Waals surface area contributed by atoms with E-state index in [0.29, 0.717) is 0 Å². The summed E-state index contributed by atoms with van der Waals surface area (Å²) < 4.78 is 0.930. The lowest BCUT2D eigenvalue weighted by Crippen LogP contribution is -2.28. The average molecular weight is 295 g/mol. The van der Waals surface area contributed by atoms with Gasteiger partial charge in [0.25, 0.3) is 0 Å². The number of nitrogens with two attached hydrogens (primary N) is 1. The van der Waals surface area contributed by atoms with E-state index in [9.17, 15) is 0 Å². The zero-order valence-corrected chi connectivity index (χ0v) is 11.2. The van der Waals surface area contributed by atoms with Crippen LogP contribution in [-0.4, -0.2) is 22.6 Å². The molecule has 0 spiro atoms. The Morgan fingerprint density at radius 3 is 3.06 bits per heavy atom. The molecule has 0 saturated heterocycles. The number of anilines is 1. The Kier molecular flexibility index (Phi) is 3.91. The number of fused-ring (bicyclic) bond motifs is 1. The predicted octanol–water partition coefficient (Wildman–Crippen LogP) is 2.54. The van der Waals surface area contributed by atoms with Crippen LogP contribution in [0.1, 0.15) is 13.3 Å². The molecule has 0 aliphatic rings. The molecule has 4 nitrogen and oxygen atoms in total. The number of rotatable bonds is 4. The topological polar surface area (TPSA) is 63.8 Å². The minimum absolute atomic E-state index is 0.161. The van der Waals surface area contributed by atoms with Crippen molar-refractivity contribution in [3.05, 3.63) is 29.0 Å². The van der Waals surface area contributed by atoms with Gasteiger partial charge in [0.05, 0.1) is 11.2 Å². The Bertz CT molecular complexity index is 515. The Labute approximate surface area is 109 Å². The van der Waals surface area contributed by atoms with Crippen molar-refractivity contribution in [1.82, 2.24) is 9.97 Å². The minimum atomic E-state index is 0.161. The molecule has 90 valence electrons. The summed E-state index contributed by atoms with van der Waals surface area (Å²) in [5, 5.41) is 3.31. The van der Waals surface area contributed by atoms with Gasteiger partial charge in [-0.15, -0.1) is 0 Å². The van der Waals surface area contributed by atoms with Gasteiger partial charge >= 0.3 is 0 Å². The Morgan fingerprint density at radius 1 is 1.47 bits per heavy atom. The van der Waals surface area contributed by atoms with Crippen LogP contribution in [0.15, 0.2) is 29.0 Å². The quantitative estimate of drug-likeness (QED) is 0.910. The molecule has 0 amide bonds. The van der Waals surface area contributed by atoms with Crippen molar-refractivity contribution in [1.29, 1.82) is 0 Å². The van der Waals surface area contributed by atoms with Gasteiger partial charge in [-0.3, -0.25) is 9.97 Å². The molecule has 0 radical (unpaired) electrons.